The summed E-state index contributed by atoms with van der Waals surface area (Å²) in [6, 6.07) is 20.6. The number of nitrogens with zero attached hydrogens (tertiary/aromatic N) is 2. The van der Waals surface area contributed by atoms with Crippen molar-refractivity contribution in [3.8, 4) is 0 Å². The first-order chi connectivity index (χ1) is 13.7. The molecule has 0 fully saturated rings. The summed E-state index contributed by atoms with van der Waals surface area (Å²) < 4.78 is 0. The molecule has 28 heavy (non-hydrogen) atoms. The molecule has 0 aliphatic rings. The molecule has 4 aromatic rings. The van der Waals surface area contributed by atoms with E-state index in [1.807, 2.05) is 36.5 Å². The van der Waals surface area contributed by atoms with Crippen molar-refractivity contribution in [2.45, 2.75) is 19.3 Å². The van der Waals surface area contributed by atoms with Crippen molar-refractivity contribution in [2.75, 3.05) is 0 Å². The minimum absolute atomic E-state index is 0.432. The van der Waals surface area contributed by atoms with Crippen LogP contribution in [0.1, 0.15) is 32.7 Å². The van der Waals surface area contributed by atoms with E-state index in [9.17, 15) is 4.79 Å². The molecule has 0 aliphatic carbocycles. The van der Waals surface area contributed by atoms with Crippen LogP contribution in [0.2, 0.25) is 0 Å². The summed E-state index contributed by atoms with van der Waals surface area (Å²) in [4.78, 5) is 20.5. The summed E-state index contributed by atoms with van der Waals surface area (Å²) in [5.41, 5.74) is 10.3. The number of aryl methyl sites for hydroxylation is 2. The number of hydrogen-bond donors (Lipinski definition) is 1. The Morgan fingerprint density at radius 1 is 0.857 bits per heavy atom. The zero-order chi connectivity index (χ0) is 19.3. The van der Waals surface area contributed by atoms with Crippen LogP contribution in [-0.4, -0.2) is 15.9 Å². The molecule has 0 spiro atoms. The highest BCUT2D eigenvalue weighted by molar-refractivity contribution is 5.94. The van der Waals surface area contributed by atoms with Crippen LogP contribution in [0.5, 0.6) is 0 Å². The van der Waals surface area contributed by atoms with Gasteiger partial charge in [-0.15, -0.1) is 0 Å². The Kier molecular flexibility index (Phi) is 5.11. The Bertz CT molecular complexity index is 1120. The van der Waals surface area contributed by atoms with Gasteiger partial charge in [-0.1, -0.05) is 42.5 Å². The molecule has 4 heteroatoms. The van der Waals surface area contributed by atoms with Crippen molar-refractivity contribution in [1.29, 1.82) is 0 Å². The molecule has 0 bridgehead atoms. The van der Waals surface area contributed by atoms with E-state index >= 15 is 0 Å². The third-order valence-corrected chi connectivity index (χ3v) is 4.93. The molecule has 2 aromatic heterocycles. The Balaban J connectivity index is 1.59. The van der Waals surface area contributed by atoms with Crippen molar-refractivity contribution < 1.29 is 4.79 Å². The summed E-state index contributed by atoms with van der Waals surface area (Å²) in [6.07, 6.45) is 7.58. The Hall–Kier alpha value is -3.53. The summed E-state index contributed by atoms with van der Waals surface area (Å²) in [5.74, 6) is -0.432. The number of primary amides is 1. The van der Waals surface area contributed by atoms with E-state index in [0.29, 0.717) is 12.0 Å². The van der Waals surface area contributed by atoms with Gasteiger partial charge in [0.2, 0.25) is 0 Å². The van der Waals surface area contributed by atoms with Gasteiger partial charge in [0.1, 0.15) is 0 Å². The van der Waals surface area contributed by atoms with E-state index in [4.69, 9.17) is 5.73 Å². The van der Waals surface area contributed by atoms with Crippen molar-refractivity contribution in [3.63, 3.8) is 0 Å². The number of hydrogen-bond acceptors (Lipinski definition) is 3. The van der Waals surface area contributed by atoms with Gasteiger partial charge >= 0.3 is 0 Å². The zero-order valence-electron chi connectivity index (χ0n) is 15.5. The first-order valence-corrected chi connectivity index (χ1v) is 9.33. The predicted octanol–water partition coefficient (Wildman–Crippen LogP) is 4.10. The highest BCUT2D eigenvalue weighted by atomic mass is 16.1. The maximum atomic E-state index is 11.8. The average Bonchev–Trinajstić information content (AvgIpc) is 2.73. The Labute approximate surface area is 164 Å². The molecule has 0 atom stereocenters. The highest BCUT2D eigenvalue weighted by Crippen LogP contribution is 2.19. The first kappa shape index (κ1) is 17.9. The second-order valence-corrected chi connectivity index (χ2v) is 6.92. The van der Waals surface area contributed by atoms with E-state index in [2.05, 4.69) is 40.3 Å². The maximum Gasteiger partial charge on any atom is 0.250 e. The third-order valence-electron chi connectivity index (χ3n) is 4.93. The predicted molar refractivity (Wildman–Crippen MR) is 111 cm³/mol. The van der Waals surface area contributed by atoms with Crippen LogP contribution in [-0.2, 0) is 19.3 Å². The largest absolute Gasteiger partial charge is 0.366 e. The number of aromatic nitrogens is 2. The molecule has 2 N–H and O–H groups in total. The van der Waals surface area contributed by atoms with Crippen LogP contribution < -0.4 is 5.73 Å². The maximum absolute atomic E-state index is 11.8. The SMILES string of the molecule is NC(=O)c1cnc(Cc2ccc3ccncc3c2)cc1CCc1ccccc1. The fraction of sp³-hybridized carbons (Fsp3) is 0.125. The molecule has 4 nitrogen and oxygen atoms in total. The molecule has 2 aromatic carbocycles. The van der Waals surface area contributed by atoms with Gasteiger partial charge < -0.3 is 5.73 Å². The summed E-state index contributed by atoms with van der Waals surface area (Å²) in [7, 11) is 0. The quantitative estimate of drug-likeness (QED) is 0.558. The molecule has 0 saturated carbocycles. The van der Waals surface area contributed by atoms with E-state index in [1.54, 1.807) is 12.4 Å². The fourth-order valence-electron chi connectivity index (χ4n) is 3.45. The standard InChI is InChI=1S/C24H21N3O/c25-24(28)23-16-27-22(14-20(23)9-6-17-4-2-1-3-5-17)13-18-7-8-19-10-11-26-15-21(19)12-18/h1-5,7-8,10-12,14-16H,6,9,13H2,(H2,25,28). The number of nitrogens with two attached hydrogens (primary N) is 1. The number of benzene rings is 2. The van der Waals surface area contributed by atoms with E-state index in [1.165, 1.54) is 10.9 Å². The summed E-state index contributed by atoms with van der Waals surface area (Å²) in [6.45, 7) is 0. The highest BCUT2D eigenvalue weighted by Gasteiger charge is 2.11. The van der Waals surface area contributed by atoms with Gasteiger partial charge in [-0.25, -0.2) is 0 Å². The number of carbonyl (C=O) groups is 1. The molecule has 0 saturated heterocycles. The smallest absolute Gasteiger partial charge is 0.250 e. The van der Waals surface area contributed by atoms with Gasteiger partial charge in [0.05, 0.1) is 5.56 Å². The lowest BCUT2D eigenvalue weighted by Crippen LogP contribution is -2.15. The monoisotopic (exact) mass is 367 g/mol. The van der Waals surface area contributed by atoms with Crippen LogP contribution in [0.25, 0.3) is 10.8 Å². The molecular formula is C24H21N3O. The third kappa shape index (κ3) is 4.07. The van der Waals surface area contributed by atoms with Gasteiger partial charge in [-0.3, -0.25) is 14.8 Å². The number of amides is 1. The fourth-order valence-corrected chi connectivity index (χ4v) is 3.45. The molecule has 4 rings (SSSR count). The van der Waals surface area contributed by atoms with Crippen LogP contribution in [0, 0.1) is 0 Å². The number of fused-ring (bicyclic) bond motifs is 1. The van der Waals surface area contributed by atoms with E-state index < -0.39 is 5.91 Å². The van der Waals surface area contributed by atoms with Crippen LogP contribution in [0.3, 0.4) is 0 Å². The van der Waals surface area contributed by atoms with Gasteiger partial charge in [0.25, 0.3) is 5.91 Å². The first-order valence-electron chi connectivity index (χ1n) is 9.33. The second-order valence-electron chi connectivity index (χ2n) is 6.92. The van der Waals surface area contributed by atoms with Crippen molar-refractivity contribution >= 4 is 16.7 Å². The minimum atomic E-state index is -0.432. The normalized spacial score (nSPS) is 10.9. The van der Waals surface area contributed by atoms with Crippen molar-refractivity contribution in [3.05, 3.63) is 107 Å². The van der Waals surface area contributed by atoms with Crippen LogP contribution in [0.15, 0.2) is 79.3 Å². The van der Waals surface area contributed by atoms with Gasteiger partial charge in [0.15, 0.2) is 0 Å². The molecule has 1 amide bonds. The Morgan fingerprint density at radius 2 is 1.71 bits per heavy atom. The Morgan fingerprint density at radius 3 is 2.54 bits per heavy atom. The second kappa shape index (κ2) is 8.01. The van der Waals surface area contributed by atoms with Crippen LogP contribution >= 0.6 is 0 Å². The van der Waals surface area contributed by atoms with Gasteiger partial charge in [0, 0.05) is 36.1 Å². The van der Waals surface area contributed by atoms with Crippen LogP contribution in [0.4, 0.5) is 0 Å². The van der Waals surface area contributed by atoms with E-state index in [-0.39, 0.29) is 0 Å². The average molecular weight is 367 g/mol. The molecule has 0 radical (unpaired) electrons. The molecule has 138 valence electrons. The number of carbonyl (C=O) groups excluding carboxylic acids is 1. The lowest BCUT2D eigenvalue weighted by Gasteiger charge is -2.10. The lowest BCUT2D eigenvalue weighted by atomic mass is 9.98. The molecule has 0 unspecified atom stereocenters. The van der Waals surface area contributed by atoms with Gasteiger partial charge in [-0.05, 0) is 53.1 Å². The minimum Gasteiger partial charge on any atom is -0.366 e. The van der Waals surface area contributed by atoms with Crippen molar-refractivity contribution in [2.24, 2.45) is 5.73 Å². The molecule has 2 heterocycles. The topological polar surface area (TPSA) is 68.9 Å². The number of pyridine rings is 2. The molecule has 0 aliphatic heterocycles. The molecular weight excluding hydrogens is 346 g/mol. The summed E-state index contributed by atoms with van der Waals surface area (Å²) >= 11 is 0. The van der Waals surface area contributed by atoms with Crippen molar-refractivity contribution in [1.82, 2.24) is 9.97 Å². The number of rotatable bonds is 6. The van der Waals surface area contributed by atoms with E-state index in [0.717, 1.165) is 35.0 Å². The van der Waals surface area contributed by atoms with Gasteiger partial charge in [-0.2, -0.15) is 0 Å². The zero-order valence-corrected chi connectivity index (χ0v) is 15.5. The lowest BCUT2D eigenvalue weighted by molar-refractivity contribution is 0.0999. The summed E-state index contributed by atoms with van der Waals surface area (Å²) in [5, 5.41) is 2.28.